The van der Waals surface area contributed by atoms with Crippen molar-refractivity contribution in [2.45, 2.75) is 38.5 Å². The zero-order chi connectivity index (χ0) is 26.9. The van der Waals surface area contributed by atoms with Crippen LogP contribution in [0.25, 0.3) is 0 Å². The fraction of sp³-hybridized carbons (Fsp3) is 0.323. The lowest BCUT2D eigenvalue weighted by Crippen LogP contribution is -2.35. The monoisotopic (exact) mass is 526 g/mol. The number of hydrazone groups is 1. The third-order valence-corrected chi connectivity index (χ3v) is 7.01. The molecule has 1 saturated heterocycles. The summed E-state index contributed by atoms with van der Waals surface area (Å²) in [5.74, 6) is 0.139. The number of nitrogens with zero attached hydrogens (tertiary/aromatic N) is 2. The Morgan fingerprint density at radius 1 is 1.03 bits per heavy atom. The van der Waals surface area contributed by atoms with Gasteiger partial charge in [0, 0.05) is 38.3 Å². The van der Waals surface area contributed by atoms with Crippen molar-refractivity contribution in [1.82, 2.24) is 15.6 Å². The Hall–Kier alpha value is -4.01. The summed E-state index contributed by atoms with van der Waals surface area (Å²) >= 11 is 0. The lowest BCUT2D eigenvalue weighted by Gasteiger charge is -2.28. The lowest BCUT2D eigenvalue weighted by atomic mass is 9.99. The van der Waals surface area contributed by atoms with Gasteiger partial charge in [-0.3, -0.25) is 14.5 Å². The molecule has 0 saturated carbocycles. The van der Waals surface area contributed by atoms with Gasteiger partial charge in [-0.2, -0.15) is 5.10 Å². The molecule has 39 heavy (non-hydrogen) atoms. The number of amides is 2. The van der Waals surface area contributed by atoms with E-state index in [0.29, 0.717) is 17.9 Å². The van der Waals surface area contributed by atoms with Crippen molar-refractivity contribution in [3.63, 3.8) is 0 Å². The number of rotatable bonds is 10. The maximum absolute atomic E-state index is 12.5. The average Bonchev–Trinajstić information content (AvgIpc) is 3.50. The number of fused-ring (bicyclic) bond motifs is 1. The second-order valence-corrected chi connectivity index (χ2v) is 9.92. The second-order valence-electron chi connectivity index (χ2n) is 9.92. The summed E-state index contributed by atoms with van der Waals surface area (Å²) in [6, 6.07) is 23.4. The molecule has 202 valence electrons. The van der Waals surface area contributed by atoms with Gasteiger partial charge < -0.3 is 14.8 Å². The van der Waals surface area contributed by atoms with Crippen LogP contribution in [0.4, 0.5) is 0 Å². The van der Waals surface area contributed by atoms with Crippen molar-refractivity contribution in [2.24, 2.45) is 5.10 Å². The molecule has 1 fully saturated rings. The van der Waals surface area contributed by atoms with Crippen LogP contribution < -0.4 is 15.5 Å². The summed E-state index contributed by atoms with van der Waals surface area (Å²) in [6.45, 7) is 4.06. The summed E-state index contributed by atoms with van der Waals surface area (Å²) < 4.78 is 11.0. The van der Waals surface area contributed by atoms with Crippen molar-refractivity contribution in [3.05, 3.63) is 101 Å². The highest BCUT2D eigenvalue weighted by Crippen LogP contribution is 2.20. The third kappa shape index (κ3) is 7.75. The molecule has 2 aliphatic heterocycles. The largest absolute Gasteiger partial charge is 0.484 e. The second kappa shape index (κ2) is 13.2. The maximum Gasteiger partial charge on any atom is 0.271 e. The molecule has 0 aromatic heterocycles. The molecule has 0 bridgehead atoms. The van der Waals surface area contributed by atoms with Gasteiger partial charge in [-0.15, -0.1) is 0 Å². The van der Waals surface area contributed by atoms with Gasteiger partial charge in [-0.25, -0.2) is 5.43 Å². The van der Waals surface area contributed by atoms with E-state index in [1.165, 1.54) is 16.7 Å². The molecule has 1 atom stereocenters. The summed E-state index contributed by atoms with van der Waals surface area (Å²) in [4.78, 5) is 26.9. The Labute approximate surface area is 229 Å². The number of carbonyl (C=O) groups excluding carboxylic acids is 2. The van der Waals surface area contributed by atoms with Gasteiger partial charge in [0.15, 0.2) is 6.61 Å². The first-order valence-corrected chi connectivity index (χ1v) is 13.4. The normalized spacial score (nSPS) is 17.1. The van der Waals surface area contributed by atoms with Crippen molar-refractivity contribution in [1.29, 1.82) is 0 Å². The predicted octanol–water partition coefficient (Wildman–Crippen LogP) is 3.68. The standard InChI is InChI=1S/C31H34N4O4/c36-30(32-19-29-6-3-17-38-29)22-39-28-13-9-23(10-14-28)18-33-34-31(37)26-11-7-24(8-12-26)20-35-16-15-25-4-1-2-5-27(25)21-35/h1-2,4-5,7-14,18,29H,3,6,15-17,19-22H2,(H,32,36)(H,34,37)/b33-18-/t29-/m0/s1. The van der Waals surface area contributed by atoms with Crippen LogP contribution in [0.3, 0.4) is 0 Å². The summed E-state index contributed by atoms with van der Waals surface area (Å²) in [6.07, 6.45) is 4.76. The Kier molecular flexibility index (Phi) is 8.98. The van der Waals surface area contributed by atoms with Crippen molar-refractivity contribution in [2.75, 3.05) is 26.3 Å². The van der Waals surface area contributed by atoms with Gasteiger partial charge in [0.25, 0.3) is 11.8 Å². The lowest BCUT2D eigenvalue weighted by molar-refractivity contribution is -0.123. The van der Waals surface area contributed by atoms with E-state index < -0.39 is 0 Å². The van der Waals surface area contributed by atoms with Crippen molar-refractivity contribution >= 4 is 18.0 Å². The van der Waals surface area contributed by atoms with Crippen LogP contribution in [-0.4, -0.2) is 55.3 Å². The summed E-state index contributed by atoms with van der Waals surface area (Å²) in [7, 11) is 0. The molecule has 0 unspecified atom stereocenters. The molecule has 0 spiro atoms. The Morgan fingerprint density at radius 3 is 2.59 bits per heavy atom. The van der Waals surface area contributed by atoms with Crippen LogP contribution in [-0.2, 0) is 29.0 Å². The van der Waals surface area contributed by atoms with Crippen LogP contribution in [0.5, 0.6) is 5.75 Å². The minimum atomic E-state index is -0.265. The average molecular weight is 527 g/mol. The molecule has 0 radical (unpaired) electrons. The Morgan fingerprint density at radius 2 is 1.82 bits per heavy atom. The maximum atomic E-state index is 12.5. The molecular weight excluding hydrogens is 492 g/mol. The van der Waals surface area contributed by atoms with E-state index in [4.69, 9.17) is 9.47 Å². The van der Waals surface area contributed by atoms with Gasteiger partial charge in [0.05, 0.1) is 12.3 Å². The Bertz CT molecular complexity index is 1280. The highest BCUT2D eigenvalue weighted by Gasteiger charge is 2.17. The fourth-order valence-corrected chi connectivity index (χ4v) is 4.82. The minimum absolute atomic E-state index is 0.0546. The molecule has 3 aromatic rings. The number of hydrogen-bond acceptors (Lipinski definition) is 6. The van der Waals surface area contributed by atoms with E-state index >= 15 is 0 Å². The molecule has 8 heteroatoms. The smallest absolute Gasteiger partial charge is 0.271 e. The first kappa shape index (κ1) is 26.6. The van der Waals surface area contributed by atoms with Crippen molar-refractivity contribution < 1.29 is 19.1 Å². The number of hydrogen-bond donors (Lipinski definition) is 2. The van der Waals surface area contributed by atoms with Crippen LogP contribution in [0, 0.1) is 0 Å². The van der Waals surface area contributed by atoms with E-state index in [1.54, 1.807) is 18.3 Å². The topological polar surface area (TPSA) is 92.3 Å². The first-order chi connectivity index (χ1) is 19.1. The van der Waals surface area contributed by atoms with E-state index in [0.717, 1.165) is 51.1 Å². The van der Waals surface area contributed by atoms with E-state index in [1.807, 2.05) is 36.4 Å². The molecule has 0 aliphatic carbocycles. The van der Waals surface area contributed by atoms with Gasteiger partial charge in [-0.1, -0.05) is 36.4 Å². The highest BCUT2D eigenvalue weighted by atomic mass is 16.5. The molecule has 2 amide bonds. The molecule has 3 aromatic carbocycles. The Balaban J connectivity index is 1.03. The summed E-state index contributed by atoms with van der Waals surface area (Å²) in [5, 5.41) is 6.90. The number of ether oxygens (including phenoxy) is 2. The van der Waals surface area contributed by atoms with Crippen LogP contribution in [0.2, 0.25) is 0 Å². The summed E-state index contributed by atoms with van der Waals surface area (Å²) in [5.41, 5.74) is 7.94. The number of nitrogens with one attached hydrogen (secondary N) is 2. The first-order valence-electron chi connectivity index (χ1n) is 13.4. The van der Waals surface area contributed by atoms with Gasteiger partial charge in [-0.05, 0) is 77.9 Å². The molecule has 8 nitrogen and oxygen atoms in total. The van der Waals surface area contributed by atoms with Gasteiger partial charge in [0.1, 0.15) is 5.75 Å². The van der Waals surface area contributed by atoms with Crippen LogP contribution in [0.15, 0.2) is 77.9 Å². The molecular formula is C31H34N4O4. The number of carbonyl (C=O) groups is 2. The van der Waals surface area contributed by atoms with Crippen LogP contribution in [0.1, 0.15) is 45.5 Å². The minimum Gasteiger partial charge on any atom is -0.484 e. The van der Waals surface area contributed by atoms with E-state index in [9.17, 15) is 9.59 Å². The zero-order valence-electron chi connectivity index (χ0n) is 22.0. The predicted molar refractivity (Wildman–Crippen MR) is 150 cm³/mol. The fourth-order valence-electron chi connectivity index (χ4n) is 4.82. The van der Waals surface area contributed by atoms with Crippen LogP contribution >= 0.6 is 0 Å². The molecule has 2 aliphatic rings. The van der Waals surface area contributed by atoms with Crippen molar-refractivity contribution in [3.8, 4) is 5.75 Å². The van der Waals surface area contributed by atoms with Gasteiger partial charge >= 0.3 is 0 Å². The molecule has 2 heterocycles. The SMILES string of the molecule is O=C(COc1ccc(/C=N\NC(=O)c2ccc(CN3CCc4ccccc4C3)cc2)cc1)NC[C@@H]1CCCO1. The van der Waals surface area contributed by atoms with E-state index in [2.05, 4.69) is 45.0 Å². The molecule has 2 N–H and O–H groups in total. The highest BCUT2D eigenvalue weighted by molar-refractivity contribution is 5.94. The zero-order valence-corrected chi connectivity index (χ0v) is 22.0. The van der Waals surface area contributed by atoms with E-state index in [-0.39, 0.29) is 24.5 Å². The van der Waals surface area contributed by atoms with Gasteiger partial charge in [0.2, 0.25) is 0 Å². The quantitative estimate of drug-likeness (QED) is 0.311. The third-order valence-electron chi connectivity index (χ3n) is 7.01. The number of benzene rings is 3. The molecule has 5 rings (SSSR count).